The van der Waals surface area contributed by atoms with Gasteiger partial charge in [0.25, 0.3) is 5.91 Å². The molecular formula is C39H32F6N6O3. The summed E-state index contributed by atoms with van der Waals surface area (Å²) in [5, 5.41) is 13.7. The quantitative estimate of drug-likeness (QED) is 0.111. The number of phenolic OH excluding ortho intramolecular Hbond substituents is 1. The molecule has 1 N–H and O–H groups in total. The fraction of sp³-hybridized carbons (Fsp3) is 0.333. The van der Waals surface area contributed by atoms with E-state index in [4.69, 9.17) is 11.2 Å². The Bertz CT molecular complexity index is 2370. The Morgan fingerprint density at radius 3 is 2.52 bits per heavy atom. The number of ether oxygens (including phenoxy) is 1. The predicted molar refractivity (Wildman–Crippen MR) is 187 cm³/mol. The molecule has 15 heteroatoms. The Labute approximate surface area is 305 Å². The van der Waals surface area contributed by atoms with Crippen LogP contribution < -0.4 is 9.75 Å². The zero-order valence-electron chi connectivity index (χ0n) is 28.7. The van der Waals surface area contributed by atoms with Crippen LogP contribution in [0.2, 0.25) is 0 Å². The lowest BCUT2D eigenvalue weighted by Gasteiger charge is -2.35. The molecule has 0 spiro atoms. The largest absolute Gasteiger partial charge is 0.508 e. The van der Waals surface area contributed by atoms with Gasteiger partial charge in [0.2, 0.25) is 0 Å². The van der Waals surface area contributed by atoms with Crippen LogP contribution in [0.3, 0.4) is 0 Å². The van der Waals surface area contributed by atoms with Crippen molar-refractivity contribution in [1.29, 1.82) is 0 Å². The number of halogens is 6. The monoisotopic (exact) mass is 746 g/mol. The van der Waals surface area contributed by atoms with Crippen LogP contribution in [0.15, 0.2) is 42.6 Å². The van der Waals surface area contributed by atoms with Crippen LogP contribution in [0.5, 0.6) is 11.8 Å². The number of anilines is 1. The zero-order chi connectivity index (χ0) is 37.9. The smallest absolute Gasteiger partial charge is 0.319 e. The number of aromatic nitrogens is 3. The lowest BCUT2D eigenvalue weighted by atomic mass is 9.95. The maximum absolute atomic E-state index is 17.1. The number of phenols is 1. The zero-order valence-corrected chi connectivity index (χ0v) is 28.7. The van der Waals surface area contributed by atoms with E-state index in [1.54, 1.807) is 0 Å². The average Bonchev–Trinajstić information content (AvgIpc) is 3.56. The molecule has 0 bridgehead atoms. The standard InChI is InChI=1S/C39H32F6N6O3/c1-2-25-28(41)8-7-21-13-24(52)16-26(31(21)25)34-33(45)35-27(18-46-34)36(48-38(47-35)54-20-39-9-6-10-49(39)19-23(40)17-39)50-11-4-3-5-12-51(50)37(53)22-14-29(42)32(44)30(43)15-22/h1,7-8,13-16,18,23,52H,3-6,9-12,17,19-20H2/t23-,39+/m1/s1. The number of hydrogen-bond donors (Lipinski definition) is 1. The average molecular weight is 747 g/mol. The molecule has 0 aliphatic carbocycles. The highest BCUT2D eigenvalue weighted by molar-refractivity contribution is 6.03. The molecule has 0 radical (unpaired) electrons. The Balaban J connectivity index is 1.30. The van der Waals surface area contributed by atoms with Crippen molar-refractivity contribution in [3.05, 3.63) is 82.8 Å². The van der Waals surface area contributed by atoms with Crippen LogP contribution in [-0.4, -0.2) is 80.4 Å². The number of hydrogen-bond acceptors (Lipinski definition) is 8. The van der Waals surface area contributed by atoms with Gasteiger partial charge >= 0.3 is 6.01 Å². The van der Waals surface area contributed by atoms with Crippen LogP contribution >= 0.6 is 0 Å². The first-order valence-corrected chi connectivity index (χ1v) is 17.5. The van der Waals surface area contributed by atoms with Gasteiger partial charge in [-0.15, -0.1) is 6.42 Å². The minimum absolute atomic E-state index is 0.0120. The van der Waals surface area contributed by atoms with Crippen LogP contribution in [0, 0.1) is 41.4 Å². The van der Waals surface area contributed by atoms with Crippen molar-refractivity contribution in [3.8, 4) is 35.4 Å². The Kier molecular flexibility index (Phi) is 8.96. The molecule has 2 atom stereocenters. The second kappa shape index (κ2) is 13.7. The number of nitrogens with zero attached hydrogens (tertiary/aromatic N) is 6. The molecule has 5 heterocycles. The van der Waals surface area contributed by atoms with Gasteiger partial charge in [-0.1, -0.05) is 12.0 Å². The number of terminal acetylenes is 1. The highest BCUT2D eigenvalue weighted by Gasteiger charge is 2.49. The third-order valence-corrected chi connectivity index (χ3v) is 10.6. The third kappa shape index (κ3) is 5.98. The molecule has 5 aromatic rings. The van der Waals surface area contributed by atoms with Crippen molar-refractivity contribution in [2.45, 2.75) is 50.2 Å². The van der Waals surface area contributed by atoms with Crippen molar-refractivity contribution < 1.29 is 41.0 Å². The van der Waals surface area contributed by atoms with E-state index in [1.165, 1.54) is 34.4 Å². The summed E-state index contributed by atoms with van der Waals surface area (Å²) in [5.74, 6) is -5.44. The number of carbonyl (C=O) groups excluding carboxylic acids is 1. The van der Waals surface area contributed by atoms with E-state index >= 15 is 4.39 Å². The molecule has 8 rings (SSSR count). The van der Waals surface area contributed by atoms with Crippen LogP contribution in [-0.2, 0) is 0 Å². The number of hydrazine groups is 1. The summed E-state index contributed by atoms with van der Waals surface area (Å²) in [6.45, 7) is 1.11. The number of pyridine rings is 1. The van der Waals surface area contributed by atoms with Crippen molar-refractivity contribution in [3.63, 3.8) is 0 Å². The van der Waals surface area contributed by atoms with E-state index in [-0.39, 0.29) is 83.3 Å². The highest BCUT2D eigenvalue weighted by Crippen LogP contribution is 2.42. The summed E-state index contributed by atoms with van der Waals surface area (Å²) < 4.78 is 95.3. The molecule has 3 aliphatic heterocycles. The first-order chi connectivity index (χ1) is 26.0. The van der Waals surface area contributed by atoms with Gasteiger partial charge in [0, 0.05) is 48.8 Å². The summed E-state index contributed by atoms with van der Waals surface area (Å²) in [7, 11) is 0. The molecule has 3 saturated heterocycles. The first-order valence-electron chi connectivity index (χ1n) is 17.5. The van der Waals surface area contributed by atoms with Crippen LogP contribution in [0.4, 0.5) is 32.2 Å². The van der Waals surface area contributed by atoms with E-state index in [2.05, 4.69) is 20.9 Å². The van der Waals surface area contributed by atoms with E-state index in [0.29, 0.717) is 49.7 Å². The fourth-order valence-electron chi connectivity index (χ4n) is 8.07. The van der Waals surface area contributed by atoms with Gasteiger partial charge in [-0.05, 0) is 74.4 Å². The molecule has 278 valence electrons. The normalized spacial score (nSPS) is 20.4. The van der Waals surface area contributed by atoms with E-state index < -0.39 is 52.3 Å². The van der Waals surface area contributed by atoms with Gasteiger partial charge in [-0.25, -0.2) is 31.4 Å². The minimum atomic E-state index is -1.72. The molecule has 0 unspecified atom stereocenters. The molecule has 1 amide bonds. The topological polar surface area (TPSA) is 94.9 Å². The molecule has 0 saturated carbocycles. The van der Waals surface area contributed by atoms with Gasteiger partial charge in [-0.3, -0.25) is 19.7 Å². The van der Waals surface area contributed by atoms with Gasteiger partial charge < -0.3 is 9.84 Å². The maximum atomic E-state index is 17.1. The Hall–Kier alpha value is -5.62. The number of rotatable bonds is 6. The maximum Gasteiger partial charge on any atom is 0.319 e. The van der Waals surface area contributed by atoms with E-state index in [9.17, 15) is 31.9 Å². The van der Waals surface area contributed by atoms with E-state index in [1.807, 2.05) is 4.90 Å². The lowest BCUT2D eigenvalue weighted by Crippen LogP contribution is -2.47. The van der Waals surface area contributed by atoms with Crippen LogP contribution in [0.1, 0.15) is 54.4 Å². The van der Waals surface area contributed by atoms with Crippen LogP contribution in [0.25, 0.3) is 32.9 Å². The summed E-state index contributed by atoms with van der Waals surface area (Å²) in [6.07, 6.45) is 9.25. The van der Waals surface area contributed by atoms with Crippen molar-refractivity contribution in [2.24, 2.45) is 0 Å². The first kappa shape index (κ1) is 35.4. The van der Waals surface area contributed by atoms with Gasteiger partial charge in [0.05, 0.1) is 16.5 Å². The Morgan fingerprint density at radius 1 is 0.963 bits per heavy atom. The highest BCUT2D eigenvalue weighted by atomic mass is 19.2. The van der Waals surface area contributed by atoms with Gasteiger partial charge in [0.15, 0.2) is 29.1 Å². The van der Waals surface area contributed by atoms with E-state index in [0.717, 1.165) is 12.5 Å². The van der Waals surface area contributed by atoms with Gasteiger partial charge in [-0.2, -0.15) is 9.97 Å². The van der Waals surface area contributed by atoms with Crippen molar-refractivity contribution in [1.82, 2.24) is 24.9 Å². The number of amides is 1. The molecule has 2 aromatic heterocycles. The lowest BCUT2D eigenvalue weighted by molar-refractivity contribution is 0.0739. The van der Waals surface area contributed by atoms with Crippen molar-refractivity contribution >= 4 is 33.4 Å². The molecular weight excluding hydrogens is 714 g/mol. The summed E-state index contributed by atoms with van der Waals surface area (Å²) >= 11 is 0. The summed E-state index contributed by atoms with van der Waals surface area (Å²) in [4.78, 5) is 29.4. The number of fused-ring (bicyclic) bond motifs is 3. The minimum Gasteiger partial charge on any atom is -0.508 e. The summed E-state index contributed by atoms with van der Waals surface area (Å²) in [5.41, 5.74) is -1.94. The molecule has 54 heavy (non-hydrogen) atoms. The predicted octanol–water partition coefficient (Wildman–Crippen LogP) is 7.23. The SMILES string of the molecule is C#Cc1c(F)ccc2cc(O)cc(-c3ncc4c(N5CCCCCN5C(=O)c5cc(F)c(F)c(F)c5)nc(OC[C@@]56CCCN5C[C@H](F)C6)nc4c3F)c12. The summed E-state index contributed by atoms with van der Waals surface area (Å²) in [6, 6.07) is 5.98. The number of benzene rings is 3. The second-order valence-corrected chi connectivity index (χ2v) is 13.9. The molecule has 3 aromatic carbocycles. The molecule has 3 fully saturated rings. The number of aromatic hydroxyl groups is 1. The molecule has 9 nitrogen and oxygen atoms in total. The third-order valence-electron chi connectivity index (χ3n) is 10.6. The Morgan fingerprint density at radius 2 is 1.74 bits per heavy atom. The second-order valence-electron chi connectivity index (χ2n) is 13.9. The number of alkyl halides is 1. The fourth-order valence-corrected chi connectivity index (χ4v) is 8.07. The van der Waals surface area contributed by atoms with Crippen molar-refractivity contribution in [2.75, 3.05) is 37.8 Å². The van der Waals surface area contributed by atoms with Gasteiger partial charge in [0.1, 0.15) is 35.6 Å². The molecule has 3 aliphatic rings. The number of carbonyl (C=O) groups is 1.